The van der Waals surface area contributed by atoms with E-state index in [-0.39, 0.29) is 71.2 Å². The molecule has 7 atom stereocenters. The number of nitriles is 1. The van der Waals surface area contributed by atoms with Crippen LogP contribution in [0.3, 0.4) is 0 Å². The predicted molar refractivity (Wildman–Crippen MR) is 205 cm³/mol. The SMILES string of the molecule is Cc1nc2c(F)c(-c3cccc(Cl)c3Cl)c(CCC#N)cc2c2c1cc([C@H]1[C@H]3C[C@H](C[C@@H]3OC(F)F)N1C(=O)C1(F)CC1)n2[C@H]1[C@@H]2C[C@H]1N(C(=O)OC(C)(C)C)C2. The van der Waals surface area contributed by atoms with Crippen LogP contribution in [0, 0.1) is 35.9 Å². The molecule has 2 amide bonds. The van der Waals surface area contributed by atoms with Crippen molar-refractivity contribution in [3.8, 4) is 17.2 Å². The first-order valence-electron chi connectivity index (χ1n) is 19.4. The van der Waals surface area contributed by atoms with E-state index in [4.69, 9.17) is 37.7 Å². The number of nitrogens with zero attached hydrogens (tertiary/aromatic N) is 5. The van der Waals surface area contributed by atoms with Gasteiger partial charge in [-0.3, -0.25) is 4.79 Å². The van der Waals surface area contributed by atoms with Crippen molar-refractivity contribution in [3.63, 3.8) is 0 Å². The molecule has 4 bridgehead atoms. The third-order valence-electron chi connectivity index (χ3n) is 12.7. The number of halogens is 6. The molecule has 0 radical (unpaired) electrons. The van der Waals surface area contributed by atoms with Crippen LogP contribution in [0.5, 0.6) is 0 Å². The average Bonchev–Trinajstić information content (AvgIpc) is 3.65. The fourth-order valence-corrected chi connectivity index (χ4v) is 10.6. The Labute approximate surface area is 336 Å². The molecule has 3 aliphatic heterocycles. The normalized spacial score (nSPS) is 27.1. The Balaban J connectivity index is 1.31. The Bertz CT molecular complexity index is 2410. The summed E-state index contributed by atoms with van der Waals surface area (Å²) >= 11 is 13.1. The largest absolute Gasteiger partial charge is 0.444 e. The predicted octanol–water partition coefficient (Wildman–Crippen LogP) is 10.0. The average molecular weight is 827 g/mol. The molecule has 4 aromatic rings. The highest BCUT2D eigenvalue weighted by Gasteiger charge is 2.63. The molecule has 10 rings (SSSR count). The first-order valence-corrected chi connectivity index (χ1v) is 20.2. The molecule has 9 nitrogen and oxygen atoms in total. The number of likely N-dealkylation sites (tertiary alicyclic amines) is 1. The number of benzene rings is 2. The second kappa shape index (κ2) is 13.5. The van der Waals surface area contributed by atoms with Crippen molar-refractivity contribution in [2.24, 2.45) is 11.8 Å². The summed E-state index contributed by atoms with van der Waals surface area (Å²) < 4.78 is 74.0. The number of hydrogen-bond acceptors (Lipinski definition) is 6. The zero-order valence-electron chi connectivity index (χ0n) is 31.8. The van der Waals surface area contributed by atoms with E-state index < -0.39 is 59.8 Å². The van der Waals surface area contributed by atoms with Crippen LogP contribution in [0.15, 0.2) is 30.3 Å². The molecule has 0 N–H and O–H groups in total. The summed E-state index contributed by atoms with van der Waals surface area (Å²) in [6, 6.07) is 8.68. The van der Waals surface area contributed by atoms with E-state index in [1.807, 2.05) is 12.1 Å². The summed E-state index contributed by atoms with van der Waals surface area (Å²) in [6.07, 6.45) is 0.213. The van der Waals surface area contributed by atoms with Gasteiger partial charge in [0.15, 0.2) is 11.5 Å². The van der Waals surface area contributed by atoms with Crippen molar-refractivity contribution in [3.05, 3.63) is 63.1 Å². The fraction of sp³-hybridized carbons (Fsp3) is 0.524. The maximum atomic E-state index is 17.4. The summed E-state index contributed by atoms with van der Waals surface area (Å²) in [5, 5.41) is 11.1. The molecule has 3 saturated carbocycles. The molecule has 6 fully saturated rings. The zero-order valence-corrected chi connectivity index (χ0v) is 33.3. The minimum Gasteiger partial charge on any atom is -0.444 e. The van der Waals surface area contributed by atoms with Crippen molar-refractivity contribution < 1.29 is 36.6 Å². The molecule has 2 aromatic carbocycles. The smallest absolute Gasteiger partial charge is 0.410 e. The third kappa shape index (κ3) is 6.07. The summed E-state index contributed by atoms with van der Waals surface area (Å²) in [4.78, 5) is 35.8. The maximum absolute atomic E-state index is 17.4. The number of hydrogen-bond donors (Lipinski definition) is 0. The molecular formula is C42H41Cl2F4N5O4. The van der Waals surface area contributed by atoms with E-state index in [0.29, 0.717) is 58.2 Å². The van der Waals surface area contributed by atoms with Gasteiger partial charge in [0.1, 0.15) is 11.1 Å². The number of amides is 2. The topological polar surface area (TPSA) is 101 Å². The van der Waals surface area contributed by atoms with Crippen LogP contribution >= 0.6 is 23.2 Å². The maximum Gasteiger partial charge on any atom is 0.410 e. The van der Waals surface area contributed by atoms with Gasteiger partial charge in [-0.2, -0.15) is 14.0 Å². The van der Waals surface area contributed by atoms with Gasteiger partial charge in [0.2, 0.25) is 0 Å². The number of fused-ring (bicyclic) bond motifs is 6. The fourth-order valence-electron chi connectivity index (χ4n) is 10.2. The third-order valence-corrected chi connectivity index (χ3v) is 13.6. The second-order valence-electron chi connectivity index (χ2n) is 17.3. The van der Waals surface area contributed by atoms with Gasteiger partial charge in [0.05, 0.1) is 45.9 Å². The van der Waals surface area contributed by atoms with Crippen molar-refractivity contribution in [1.82, 2.24) is 19.4 Å². The van der Waals surface area contributed by atoms with E-state index in [1.54, 1.807) is 55.7 Å². The Kier molecular flexibility index (Phi) is 9.07. The lowest BCUT2D eigenvalue weighted by atomic mass is 9.79. The number of ether oxygens (including phenoxy) is 2. The van der Waals surface area contributed by atoms with Crippen LogP contribution in [0.25, 0.3) is 32.9 Å². The van der Waals surface area contributed by atoms with Crippen molar-refractivity contribution >= 4 is 57.0 Å². The van der Waals surface area contributed by atoms with Crippen LogP contribution in [-0.2, 0) is 20.7 Å². The summed E-state index contributed by atoms with van der Waals surface area (Å²) in [5.74, 6) is -1.98. The number of aromatic nitrogens is 2. The van der Waals surface area contributed by atoms with E-state index >= 15 is 8.78 Å². The first-order chi connectivity index (χ1) is 27.0. The van der Waals surface area contributed by atoms with Gasteiger partial charge in [0.25, 0.3) is 5.91 Å². The molecule has 15 heteroatoms. The van der Waals surface area contributed by atoms with E-state index in [9.17, 15) is 23.6 Å². The molecule has 6 aliphatic rings. The van der Waals surface area contributed by atoms with Crippen LogP contribution in [0.1, 0.15) is 88.3 Å². The Morgan fingerprint density at radius 2 is 1.88 bits per heavy atom. The van der Waals surface area contributed by atoms with Crippen LogP contribution in [0.4, 0.5) is 22.4 Å². The molecule has 3 saturated heterocycles. The highest BCUT2D eigenvalue weighted by atomic mass is 35.5. The van der Waals surface area contributed by atoms with Crippen LogP contribution in [0.2, 0.25) is 10.0 Å². The first kappa shape index (κ1) is 38.4. The lowest BCUT2D eigenvalue weighted by molar-refractivity contribution is -0.185. The molecule has 5 heterocycles. The van der Waals surface area contributed by atoms with E-state index in [2.05, 4.69) is 10.6 Å². The molecule has 0 unspecified atom stereocenters. The Hall–Kier alpha value is -4.12. The van der Waals surface area contributed by atoms with Gasteiger partial charge in [-0.25, -0.2) is 18.6 Å². The minimum absolute atomic E-state index is 0.0359. The van der Waals surface area contributed by atoms with Gasteiger partial charge in [0, 0.05) is 64.1 Å². The highest BCUT2D eigenvalue weighted by Crippen LogP contribution is 2.59. The molecule has 300 valence electrons. The van der Waals surface area contributed by atoms with Gasteiger partial charge >= 0.3 is 12.7 Å². The quantitative estimate of drug-likeness (QED) is 0.164. The number of carbonyl (C=O) groups is 2. The summed E-state index contributed by atoms with van der Waals surface area (Å²) in [7, 11) is 0. The molecule has 57 heavy (non-hydrogen) atoms. The lowest BCUT2D eigenvalue weighted by Gasteiger charge is -2.44. The van der Waals surface area contributed by atoms with E-state index in [0.717, 1.165) is 0 Å². The summed E-state index contributed by atoms with van der Waals surface area (Å²) in [5.41, 5.74) is -0.109. The Morgan fingerprint density at radius 3 is 2.56 bits per heavy atom. The van der Waals surface area contributed by atoms with Crippen LogP contribution in [-0.4, -0.2) is 74.0 Å². The number of piperidine rings is 1. The van der Waals surface area contributed by atoms with Crippen LogP contribution < -0.4 is 0 Å². The zero-order chi connectivity index (χ0) is 40.5. The molecule has 0 spiro atoms. The molecule has 2 aromatic heterocycles. The van der Waals surface area contributed by atoms with Gasteiger partial charge in [-0.15, -0.1) is 0 Å². The van der Waals surface area contributed by atoms with Gasteiger partial charge < -0.3 is 23.8 Å². The highest BCUT2D eigenvalue weighted by molar-refractivity contribution is 6.43. The number of carbonyl (C=O) groups excluding carboxylic acids is 2. The number of rotatable bonds is 8. The second-order valence-corrected chi connectivity index (χ2v) is 18.1. The van der Waals surface area contributed by atoms with Crippen molar-refractivity contribution in [2.45, 2.75) is 121 Å². The molecular weight excluding hydrogens is 785 g/mol. The van der Waals surface area contributed by atoms with Crippen molar-refractivity contribution in [2.75, 3.05) is 6.54 Å². The number of alkyl halides is 3. The Morgan fingerprint density at radius 1 is 1.12 bits per heavy atom. The standard InChI is InChI=1S/C42H41Cl2F4N5O4/c1-19-24-17-29(37-25-15-22(16-30(25)56-39(46)47)52(37)38(54)42(48)10-11-42)53(35-21-14-28(35)51(18-21)40(55)57-41(2,3)4)36(24)26-13-20(7-6-12-49)31(33(45)34(26)50-19)23-8-5-9-27(43)32(23)44/h5,8-9,13,17,21-22,25,28,30,35,37,39H,6-7,10-11,14-16,18H2,1-4H3/t21-,22-,25+,28-,30+,35+,37-/m1/s1. The van der Waals surface area contributed by atoms with Gasteiger partial charge in [-0.05, 0) is 90.0 Å². The summed E-state index contributed by atoms with van der Waals surface area (Å²) in [6.45, 7) is 4.47. The monoisotopic (exact) mass is 825 g/mol. The van der Waals surface area contributed by atoms with E-state index in [1.165, 1.54) is 0 Å². The van der Waals surface area contributed by atoms with Crippen molar-refractivity contribution in [1.29, 1.82) is 5.26 Å². The number of pyridine rings is 1. The molecule has 3 aliphatic carbocycles. The van der Waals surface area contributed by atoms with Gasteiger partial charge in [-0.1, -0.05) is 35.3 Å². The minimum atomic E-state index is -3.04. The lowest BCUT2D eigenvalue weighted by Crippen LogP contribution is -2.50. The number of aryl methyl sites for hydroxylation is 2.